The van der Waals surface area contributed by atoms with Crippen molar-refractivity contribution in [2.45, 2.75) is 12.4 Å². The normalized spacial score (nSPS) is 12.4. The molecule has 3 aromatic rings. The van der Waals surface area contributed by atoms with Crippen molar-refractivity contribution < 1.29 is 83.4 Å². The number of anilines is 3. The molecule has 0 saturated heterocycles. The smallest absolute Gasteiger partial charge is 0.294 e. The fourth-order valence-electron chi connectivity index (χ4n) is 3.26. The van der Waals surface area contributed by atoms with Crippen LogP contribution in [0.5, 0.6) is 0 Å². The van der Waals surface area contributed by atoms with E-state index in [-0.39, 0.29) is 0 Å². The Morgan fingerprint density at radius 2 is 0.450 bits per heavy atom. The van der Waals surface area contributed by atoms with E-state index < -0.39 is 121 Å². The molecule has 0 heterocycles. The number of nitrogens with zero attached hydrogens (tertiary/aromatic N) is 1. The first kappa shape index (κ1) is 30.7. The molecule has 3 aromatic carbocycles. The van der Waals surface area contributed by atoms with Crippen LogP contribution >= 0.6 is 0 Å². The summed E-state index contributed by atoms with van der Waals surface area (Å²) in [5, 5.41) is 0. The maximum Gasteiger partial charge on any atom is 0.422 e. The highest BCUT2D eigenvalue weighted by Crippen LogP contribution is 2.49. The zero-order valence-electron chi connectivity index (χ0n) is 17.6. The molecular weight excluding hydrogens is 615 g/mol. The molecule has 40 heavy (non-hydrogen) atoms. The molecule has 1 nitrogen and oxygen atoms in total. The molecule has 0 radical (unpaired) electrons. The number of benzene rings is 3. The Morgan fingerprint density at radius 1 is 0.275 bits per heavy atom. The zero-order chi connectivity index (χ0) is 31.0. The van der Waals surface area contributed by atoms with Gasteiger partial charge in [0.15, 0.2) is 69.8 Å². The summed E-state index contributed by atoms with van der Waals surface area (Å²) in [6.07, 6.45) is -12.7. The molecule has 0 atom stereocenters. The first-order valence-electron chi connectivity index (χ1n) is 9.26. The predicted octanol–water partition coefficient (Wildman–Crippen LogP) is 9.00. The highest BCUT2D eigenvalue weighted by atomic mass is 19.4. The number of rotatable bonds is 3. The summed E-state index contributed by atoms with van der Waals surface area (Å²) in [6.45, 7) is 0. The van der Waals surface area contributed by atoms with Gasteiger partial charge in [0.1, 0.15) is 28.2 Å². The van der Waals surface area contributed by atoms with Crippen molar-refractivity contribution in [1.29, 1.82) is 0 Å². The Morgan fingerprint density at radius 3 is 0.650 bits per heavy atom. The number of hydrogen-bond donors (Lipinski definition) is 0. The number of halogens is 19. The highest BCUT2D eigenvalue weighted by Gasteiger charge is 2.48. The lowest BCUT2D eigenvalue weighted by Crippen LogP contribution is -2.26. The average molecular weight is 615 g/mol. The van der Waals surface area contributed by atoms with E-state index in [0.717, 1.165) is 0 Å². The fourth-order valence-corrected chi connectivity index (χ4v) is 3.26. The van der Waals surface area contributed by atoms with Crippen LogP contribution in [0.1, 0.15) is 11.1 Å². The highest BCUT2D eigenvalue weighted by molar-refractivity contribution is 5.79. The van der Waals surface area contributed by atoms with Gasteiger partial charge in [0, 0.05) is 0 Å². The summed E-state index contributed by atoms with van der Waals surface area (Å²) >= 11 is 0. The molecule has 0 aromatic heterocycles. The van der Waals surface area contributed by atoms with Gasteiger partial charge in [-0.05, 0) is 0 Å². The molecule has 0 unspecified atom stereocenters. The summed E-state index contributed by atoms with van der Waals surface area (Å²) in [7, 11) is 0. The van der Waals surface area contributed by atoms with Gasteiger partial charge in [-0.2, -0.15) is 26.3 Å². The predicted molar refractivity (Wildman–Crippen MR) is 90.6 cm³/mol. The van der Waals surface area contributed by atoms with Crippen molar-refractivity contribution in [3.8, 4) is 0 Å². The maximum absolute atomic E-state index is 14.7. The molecule has 218 valence electrons. The van der Waals surface area contributed by atoms with Crippen LogP contribution in [0.4, 0.5) is 100 Å². The number of hydrogen-bond acceptors (Lipinski definition) is 1. The molecule has 20 heteroatoms. The van der Waals surface area contributed by atoms with Crippen molar-refractivity contribution >= 4 is 17.1 Å². The lowest BCUT2D eigenvalue weighted by molar-refractivity contribution is -0.144. The summed E-state index contributed by atoms with van der Waals surface area (Å²) in [5.74, 6) is -45.2. The molecule has 0 bridgehead atoms. The van der Waals surface area contributed by atoms with Crippen LogP contribution in [0.25, 0.3) is 0 Å². The second kappa shape index (κ2) is 9.65. The molecule has 0 spiro atoms. The lowest BCUT2D eigenvalue weighted by Gasteiger charge is -2.29. The van der Waals surface area contributed by atoms with Crippen LogP contribution < -0.4 is 4.90 Å². The first-order chi connectivity index (χ1) is 18.1. The molecular formula is C20F19N. The molecule has 0 aliphatic heterocycles. The first-order valence-corrected chi connectivity index (χ1v) is 9.26. The van der Waals surface area contributed by atoms with Gasteiger partial charge in [-0.1, -0.05) is 0 Å². The van der Waals surface area contributed by atoms with E-state index in [1.807, 2.05) is 0 Å². The van der Waals surface area contributed by atoms with Crippen molar-refractivity contribution in [3.63, 3.8) is 0 Å². The Bertz CT molecular complexity index is 1380. The minimum absolute atomic E-state index is 1.91. The summed E-state index contributed by atoms with van der Waals surface area (Å²) in [4.78, 5) is -1.91. The van der Waals surface area contributed by atoms with Crippen LogP contribution in [0, 0.1) is 75.6 Å². The zero-order valence-corrected chi connectivity index (χ0v) is 17.6. The van der Waals surface area contributed by atoms with Crippen molar-refractivity contribution in [2.75, 3.05) is 4.90 Å². The van der Waals surface area contributed by atoms with Gasteiger partial charge in [0.25, 0.3) is 0 Å². The van der Waals surface area contributed by atoms with Crippen molar-refractivity contribution in [2.24, 2.45) is 0 Å². The Kier molecular flexibility index (Phi) is 7.40. The second-order valence-electron chi connectivity index (χ2n) is 7.21. The Balaban J connectivity index is 2.71. The standard InChI is InChI=1S/C20F19N/c21-3-1(19(34,35)36)4(22)11(29)16(10(3)28)40(18-14(32)8(26)7(25)9(27)15(18)33)17-12(30)5(23)2(20(37,38)39)6(24)13(17)31. The Hall–Kier alpha value is -3.87. The van der Waals surface area contributed by atoms with E-state index in [0.29, 0.717) is 0 Å². The molecule has 0 N–H and O–H groups in total. The molecule has 0 aliphatic carbocycles. The molecule has 0 amide bonds. The summed E-state index contributed by atoms with van der Waals surface area (Å²) in [5.41, 5.74) is -16.6. The summed E-state index contributed by atoms with van der Waals surface area (Å²) in [6, 6.07) is 0. The van der Waals surface area contributed by atoms with Gasteiger partial charge in [0.2, 0.25) is 5.82 Å². The van der Waals surface area contributed by atoms with E-state index in [4.69, 9.17) is 0 Å². The van der Waals surface area contributed by atoms with Crippen LogP contribution in [0.2, 0.25) is 0 Å². The maximum atomic E-state index is 14.7. The third-order valence-electron chi connectivity index (χ3n) is 4.90. The van der Waals surface area contributed by atoms with Gasteiger partial charge in [-0.25, -0.2) is 57.1 Å². The van der Waals surface area contributed by atoms with Gasteiger partial charge >= 0.3 is 12.4 Å². The molecule has 0 fully saturated rings. The van der Waals surface area contributed by atoms with Gasteiger partial charge in [-0.15, -0.1) is 0 Å². The quantitative estimate of drug-likeness (QED) is 0.162. The van der Waals surface area contributed by atoms with Gasteiger partial charge in [0.05, 0.1) is 0 Å². The van der Waals surface area contributed by atoms with E-state index in [9.17, 15) is 83.4 Å². The monoisotopic (exact) mass is 615 g/mol. The van der Waals surface area contributed by atoms with Crippen LogP contribution in [0.3, 0.4) is 0 Å². The van der Waals surface area contributed by atoms with Crippen LogP contribution in [-0.2, 0) is 12.4 Å². The van der Waals surface area contributed by atoms with E-state index in [1.54, 1.807) is 0 Å². The topological polar surface area (TPSA) is 3.24 Å². The largest absolute Gasteiger partial charge is 0.422 e. The third-order valence-corrected chi connectivity index (χ3v) is 4.90. The third kappa shape index (κ3) is 4.41. The van der Waals surface area contributed by atoms with Crippen molar-refractivity contribution in [1.82, 2.24) is 0 Å². The second-order valence-corrected chi connectivity index (χ2v) is 7.21. The number of alkyl halides is 6. The fraction of sp³-hybridized carbons (Fsp3) is 0.100. The van der Waals surface area contributed by atoms with Crippen molar-refractivity contribution in [3.05, 3.63) is 86.8 Å². The minimum Gasteiger partial charge on any atom is -0.294 e. The van der Waals surface area contributed by atoms with Gasteiger partial charge < -0.3 is 0 Å². The minimum atomic E-state index is -6.35. The SMILES string of the molecule is Fc1c(F)c(F)c(N(c2c(F)c(F)c(C(F)(F)F)c(F)c2F)c2c(F)c(F)c(C(F)(F)F)c(F)c2F)c(F)c1F. The van der Waals surface area contributed by atoms with E-state index in [1.165, 1.54) is 0 Å². The van der Waals surface area contributed by atoms with Crippen LogP contribution in [0.15, 0.2) is 0 Å². The summed E-state index contributed by atoms with van der Waals surface area (Å²) < 4.78 is 263. The molecule has 0 aliphatic rings. The molecule has 0 saturated carbocycles. The van der Waals surface area contributed by atoms with E-state index in [2.05, 4.69) is 0 Å². The Labute approximate surface area is 205 Å². The van der Waals surface area contributed by atoms with Gasteiger partial charge in [-0.3, -0.25) is 4.90 Å². The average Bonchev–Trinajstić information content (AvgIpc) is 2.82. The lowest BCUT2D eigenvalue weighted by atomic mass is 10.1. The van der Waals surface area contributed by atoms with Crippen LogP contribution in [-0.4, -0.2) is 0 Å². The molecule has 3 rings (SSSR count). The van der Waals surface area contributed by atoms with E-state index >= 15 is 0 Å².